The zero-order chi connectivity index (χ0) is 43.6. The highest BCUT2D eigenvalue weighted by molar-refractivity contribution is 7.80. The van der Waals surface area contributed by atoms with Crippen molar-refractivity contribution in [3.8, 4) is 5.75 Å². The molecule has 0 amide bonds. The van der Waals surface area contributed by atoms with E-state index in [9.17, 15) is 5.11 Å². The molecule has 0 heterocycles. The fourth-order valence-corrected chi connectivity index (χ4v) is 10.7. The van der Waals surface area contributed by atoms with Crippen molar-refractivity contribution in [2.75, 3.05) is 6.54 Å². The van der Waals surface area contributed by atoms with E-state index in [-0.39, 0.29) is 22.0 Å². The molecule has 1 aromatic rings. The molecule has 60 heavy (non-hydrogen) atoms. The average molecular weight is 872 g/mol. The molecule has 1 aliphatic carbocycles. The molecule has 0 bridgehead atoms. The van der Waals surface area contributed by atoms with Gasteiger partial charge in [-0.2, -0.15) is 0 Å². The van der Waals surface area contributed by atoms with Gasteiger partial charge in [0.25, 0.3) is 10.3 Å². The van der Waals surface area contributed by atoms with Gasteiger partial charge in [0.15, 0.2) is 0 Å². The van der Waals surface area contributed by atoms with E-state index in [1.54, 1.807) is 0 Å². The van der Waals surface area contributed by atoms with Gasteiger partial charge in [-0.3, -0.25) is 0 Å². The highest BCUT2D eigenvalue weighted by Gasteiger charge is 2.41. The molecular formula is C54H98N2O2S2. The summed E-state index contributed by atoms with van der Waals surface area (Å²) in [7, 11) is 0. The van der Waals surface area contributed by atoms with Crippen LogP contribution >= 0.6 is 24.4 Å². The lowest BCUT2D eigenvalue weighted by molar-refractivity contribution is 0.0785. The highest BCUT2D eigenvalue weighted by Crippen LogP contribution is 2.46. The first-order valence-electron chi connectivity index (χ1n) is 26.1. The van der Waals surface area contributed by atoms with Crippen LogP contribution < -0.4 is 15.4 Å². The summed E-state index contributed by atoms with van der Waals surface area (Å²) >= 11 is 10.9. The summed E-state index contributed by atoms with van der Waals surface area (Å²) < 4.78 is 6.52. The topological polar surface area (TPSA) is 53.5 Å². The van der Waals surface area contributed by atoms with Crippen molar-refractivity contribution in [2.45, 2.75) is 278 Å². The maximum absolute atomic E-state index is 9.80. The second-order valence-electron chi connectivity index (χ2n) is 20.4. The molecule has 1 saturated carbocycles. The number of aliphatic hydroxyl groups is 1. The summed E-state index contributed by atoms with van der Waals surface area (Å²) in [5.41, 5.74) is 2.97. The predicted octanol–water partition coefficient (Wildman–Crippen LogP) is 17.6. The molecule has 0 aliphatic heterocycles. The number of thiocarbonyl (C=S) groups is 2. The van der Waals surface area contributed by atoms with Crippen molar-refractivity contribution in [2.24, 2.45) is 10.8 Å². The summed E-state index contributed by atoms with van der Waals surface area (Å²) in [6.07, 6.45) is 49.8. The van der Waals surface area contributed by atoms with Crippen molar-refractivity contribution in [1.29, 1.82) is 0 Å². The minimum Gasteiger partial charge on any atom is -0.487 e. The Bertz CT molecular complexity index is 1220. The summed E-state index contributed by atoms with van der Waals surface area (Å²) in [4.78, 5) is 0. The summed E-state index contributed by atoms with van der Waals surface area (Å²) in [5, 5.41) is 16.8. The lowest BCUT2D eigenvalue weighted by Gasteiger charge is -2.47. The van der Waals surface area contributed by atoms with E-state index in [1.165, 1.54) is 217 Å². The molecule has 2 atom stereocenters. The number of aryl methyl sites for hydroxylation is 1. The van der Waals surface area contributed by atoms with E-state index in [4.69, 9.17) is 29.2 Å². The van der Waals surface area contributed by atoms with E-state index in [0.717, 1.165) is 44.4 Å². The number of hydrogen-bond donors (Lipinski definition) is 3. The Kier molecular flexibility index (Phi) is 31.9. The van der Waals surface area contributed by atoms with Crippen LogP contribution in [-0.4, -0.2) is 28.0 Å². The number of hydrogen-bond acceptors (Lipinski definition) is 3. The van der Waals surface area contributed by atoms with Crippen LogP contribution in [0.4, 0.5) is 0 Å². The molecule has 1 fully saturated rings. The molecule has 3 N–H and O–H groups in total. The van der Waals surface area contributed by atoms with Gasteiger partial charge in [-0.25, -0.2) is 0 Å². The van der Waals surface area contributed by atoms with Crippen LogP contribution in [0.5, 0.6) is 5.75 Å². The maximum Gasteiger partial charge on any atom is 0.262 e. The van der Waals surface area contributed by atoms with Crippen molar-refractivity contribution in [3.05, 3.63) is 29.3 Å². The van der Waals surface area contributed by atoms with Gasteiger partial charge >= 0.3 is 0 Å². The van der Waals surface area contributed by atoms with E-state index in [1.807, 2.05) is 0 Å². The lowest BCUT2D eigenvalue weighted by Crippen LogP contribution is -2.50. The van der Waals surface area contributed by atoms with Crippen molar-refractivity contribution >= 4 is 34.8 Å². The maximum atomic E-state index is 9.80. The first-order chi connectivity index (χ1) is 29.1. The monoisotopic (exact) mass is 871 g/mol. The Balaban J connectivity index is 1.79. The fourth-order valence-electron chi connectivity index (χ4n) is 10.4. The lowest BCUT2D eigenvalue weighted by atomic mass is 9.62. The van der Waals surface area contributed by atoms with E-state index in [2.05, 4.69) is 63.5 Å². The number of nitrogens with one attached hydrogen (secondary N) is 2. The van der Waals surface area contributed by atoms with Crippen LogP contribution in [0.15, 0.2) is 18.2 Å². The number of benzene rings is 1. The number of unbranched alkanes of at least 4 members (excludes halogenated alkanes) is 30. The summed E-state index contributed by atoms with van der Waals surface area (Å²) in [6.45, 7) is 12.3. The van der Waals surface area contributed by atoms with E-state index >= 15 is 0 Å². The second-order valence-corrected chi connectivity index (χ2v) is 21.2. The molecule has 2 unspecified atom stereocenters. The quantitative estimate of drug-likeness (QED) is 0.0455. The van der Waals surface area contributed by atoms with Gasteiger partial charge in [-0.15, -0.1) is 0 Å². The van der Waals surface area contributed by atoms with Crippen molar-refractivity contribution in [3.63, 3.8) is 0 Å². The molecular weight excluding hydrogens is 773 g/mol. The molecule has 1 aliphatic rings. The van der Waals surface area contributed by atoms with E-state index < -0.39 is 0 Å². The van der Waals surface area contributed by atoms with Crippen molar-refractivity contribution in [1.82, 2.24) is 10.6 Å². The molecule has 0 radical (unpaired) electrons. The Labute approximate surface area is 384 Å². The largest absolute Gasteiger partial charge is 0.487 e. The van der Waals surface area contributed by atoms with Gasteiger partial charge in [-0.1, -0.05) is 239 Å². The Morgan fingerprint density at radius 1 is 0.583 bits per heavy atom. The minimum atomic E-state index is -0.108. The second kappa shape index (κ2) is 35.0. The van der Waals surface area contributed by atoms with Crippen LogP contribution in [-0.2, 0) is 12.8 Å². The smallest absolute Gasteiger partial charge is 0.262 e. The Morgan fingerprint density at radius 3 is 1.40 bits per heavy atom. The first kappa shape index (κ1) is 54.7. The Hall–Kier alpha value is -1.40. The third-order valence-electron chi connectivity index (χ3n) is 13.4. The third-order valence-corrected chi connectivity index (χ3v) is 13.8. The molecule has 6 heteroatoms. The van der Waals surface area contributed by atoms with Crippen LogP contribution in [0.1, 0.15) is 270 Å². The van der Waals surface area contributed by atoms with Gasteiger partial charge in [-0.05, 0) is 97.4 Å². The van der Waals surface area contributed by atoms with Gasteiger partial charge in [0.05, 0.1) is 0 Å². The normalized spacial score (nSPS) is 17.4. The first-order valence-corrected chi connectivity index (χ1v) is 26.9. The zero-order valence-corrected chi connectivity index (χ0v) is 42.0. The SMILES string of the molecule is CCCCCCCCCCCCCCCCCCc1cccc(OC(=S)NCC2(C)CC(NC(O)=S)CC(C)(C)C2)c1CCCCCCCCCCCCCCCCCC. The number of aliphatic hydroxyl groups excluding tert-OH is 1. The third kappa shape index (κ3) is 28.3. The number of ether oxygens (including phenoxy) is 1. The van der Waals surface area contributed by atoms with Crippen LogP contribution in [0.2, 0.25) is 0 Å². The average Bonchev–Trinajstić information content (AvgIpc) is 3.19. The molecule has 348 valence electrons. The molecule has 2 rings (SSSR count). The van der Waals surface area contributed by atoms with Gasteiger partial charge < -0.3 is 20.5 Å². The highest BCUT2D eigenvalue weighted by atomic mass is 32.1. The standard InChI is InChI=1S/C54H98N2O2S2/c1-6-8-10-12-14-16-18-20-22-24-26-28-30-32-34-36-39-47-40-38-42-50(58-52(60)55-46-54(5)44-48(56-51(57)59)43-53(3,4)45-54)49(47)41-37-35-33-31-29-27-25-23-21-19-17-15-13-11-9-7-2/h38,40,42,48H,6-37,39,41,43-46H2,1-5H3,(H,55,60)(H2,56,57,59). The molecule has 0 saturated heterocycles. The predicted molar refractivity (Wildman–Crippen MR) is 272 cm³/mol. The number of rotatable bonds is 38. The summed E-state index contributed by atoms with van der Waals surface area (Å²) in [5.74, 6) is 0.946. The zero-order valence-electron chi connectivity index (χ0n) is 40.4. The fraction of sp³-hybridized carbons (Fsp3) is 0.852. The van der Waals surface area contributed by atoms with Crippen molar-refractivity contribution < 1.29 is 9.84 Å². The van der Waals surface area contributed by atoms with Crippen LogP contribution in [0.3, 0.4) is 0 Å². The van der Waals surface area contributed by atoms with Gasteiger partial charge in [0.1, 0.15) is 5.75 Å². The van der Waals surface area contributed by atoms with Crippen LogP contribution in [0.25, 0.3) is 0 Å². The minimum absolute atomic E-state index is 0.00306. The summed E-state index contributed by atoms with van der Waals surface area (Å²) in [6, 6.07) is 6.82. The van der Waals surface area contributed by atoms with E-state index in [0.29, 0.717) is 5.17 Å². The molecule has 1 aromatic carbocycles. The van der Waals surface area contributed by atoms with Crippen LogP contribution in [0, 0.1) is 10.8 Å². The van der Waals surface area contributed by atoms with Gasteiger partial charge in [0, 0.05) is 12.6 Å². The van der Waals surface area contributed by atoms with Gasteiger partial charge in [0.2, 0.25) is 0 Å². The molecule has 0 spiro atoms. The Morgan fingerprint density at radius 2 is 0.983 bits per heavy atom. The molecule has 0 aromatic heterocycles. The molecule has 4 nitrogen and oxygen atoms in total.